The number of hydrogen-bond acceptors (Lipinski definition) is 6. The molecule has 0 fully saturated rings. The highest BCUT2D eigenvalue weighted by Crippen LogP contribution is 2.29. The van der Waals surface area contributed by atoms with Crippen LogP contribution in [0.4, 0.5) is 5.13 Å². The Kier molecular flexibility index (Phi) is 8.04. The summed E-state index contributed by atoms with van der Waals surface area (Å²) in [6, 6.07) is 7.95. The number of thioether (sulfide) groups is 1. The number of carbonyl (C=O) groups is 1. The number of amides is 1. The molecule has 0 spiro atoms. The van der Waals surface area contributed by atoms with E-state index in [-0.39, 0.29) is 5.91 Å². The number of nitrogens with zero attached hydrogens (tertiary/aromatic N) is 2. The third-order valence-corrected chi connectivity index (χ3v) is 5.45. The molecule has 7 heteroatoms. The summed E-state index contributed by atoms with van der Waals surface area (Å²) in [5.74, 6) is 1.66. The molecule has 0 aliphatic rings. The molecule has 0 aliphatic carbocycles. The highest BCUT2D eigenvalue weighted by atomic mass is 32.2. The Morgan fingerprint density at radius 3 is 2.96 bits per heavy atom. The number of nitrogens with one attached hydrogen (secondary N) is 1. The Balaban J connectivity index is 1.77. The van der Waals surface area contributed by atoms with Gasteiger partial charge in [-0.15, -0.1) is 10.2 Å². The number of carbonyl (C=O) groups excluding carboxylic acids is 1. The molecule has 0 atom stereocenters. The maximum Gasteiger partial charge on any atom is 0.226 e. The largest absolute Gasteiger partial charge is 0.497 e. The molecular formula is C17H23N3O2S2. The molecule has 0 saturated heterocycles. The first kappa shape index (κ1) is 18.7. The van der Waals surface area contributed by atoms with Crippen molar-refractivity contribution in [3.05, 3.63) is 29.8 Å². The van der Waals surface area contributed by atoms with Crippen LogP contribution in [0.25, 0.3) is 0 Å². The lowest BCUT2D eigenvalue weighted by Crippen LogP contribution is -2.10. The first-order valence-electron chi connectivity index (χ1n) is 8.10. The highest BCUT2D eigenvalue weighted by Gasteiger charge is 2.09. The van der Waals surface area contributed by atoms with E-state index in [4.69, 9.17) is 4.74 Å². The lowest BCUT2D eigenvalue weighted by molar-refractivity contribution is -0.116. The van der Waals surface area contributed by atoms with Crippen molar-refractivity contribution in [1.82, 2.24) is 10.2 Å². The van der Waals surface area contributed by atoms with Gasteiger partial charge in [0.05, 0.1) is 7.11 Å². The van der Waals surface area contributed by atoms with Crippen molar-refractivity contribution < 1.29 is 9.53 Å². The van der Waals surface area contributed by atoms with E-state index in [2.05, 4.69) is 28.5 Å². The molecule has 2 rings (SSSR count). The summed E-state index contributed by atoms with van der Waals surface area (Å²) < 4.78 is 6.07. The summed E-state index contributed by atoms with van der Waals surface area (Å²) in [6.07, 6.45) is 4.92. The zero-order valence-corrected chi connectivity index (χ0v) is 15.7. The molecule has 24 heavy (non-hydrogen) atoms. The fourth-order valence-electron chi connectivity index (χ4n) is 2.12. The fraction of sp³-hybridized carbons (Fsp3) is 0.471. The van der Waals surface area contributed by atoms with Crippen LogP contribution >= 0.6 is 23.1 Å². The number of anilines is 1. The van der Waals surface area contributed by atoms with Crippen molar-refractivity contribution in [2.24, 2.45) is 0 Å². The smallest absolute Gasteiger partial charge is 0.226 e. The number of ether oxygens (including phenoxy) is 1. The summed E-state index contributed by atoms with van der Waals surface area (Å²) in [6.45, 7) is 2.16. The average molecular weight is 366 g/mol. The third-order valence-electron chi connectivity index (χ3n) is 3.41. The van der Waals surface area contributed by atoms with Gasteiger partial charge in [-0.1, -0.05) is 61.4 Å². The van der Waals surface area contributed by atoms with E-state index in [1.54, 1.807) is 18.9 Å². The van der Waals surface area contributed by atoms with Gasteiger partial charge in [0.2, 0.25) is 11.0 Å². The molecule has 1 heterocycles. The van der Waals surface area contributed by atoms with Crippen LogP contribution in [0, 0.1) is 0 Å². The number of hydrogen-bond donors (Lipinski definition) is 1. The van der Waals surface area contributed by atoms with Gasteiger partial charge in [0.15, 0.2) is 4.34 Å². The van der Waals surface area contributed by atoms with Crippen molar-refractivity contribution in [2.45, 2.75) is 49.1 Å². The van der Waals surface area contributed by atoms with Crippen LogP contribution in [0.15, 0.2) is 28.6 Å². The summed E-state index contributed by atoms with van der Waals surface area (Å²) in [4.78, 5) is 11.8. The topological polar surface area (TPSA) is 64.1 Å². The van der Waals surface area contributed by atoms with Crippen molar-refractivity contribution in [2.75, 3.05) is 12.4 Å². The molecule has 0 aliphatic heterocycles. The number of methoxy groups -OCH3 is 1. The Morgan fingerprint density at radius 2 is 2.17 bits per heavy atom. The van der Waals surface area contributed by atoms with Gasteiger partial charge in [-0.3, -0.25) is 4.79 Å². The molecule has 1 N–H and O–H groups in total. The molecule has 0 bridgehead atoms. The summed E-state index contributed by atoms with van der Waals surface area (Å²) in [5.41, 5.74) is 1.16. The number of rotatable bonds is 10. The Hall–Kier alpha value is -1.60. The van der Waals surface area contributed by atoms with Crippen LogP contribution in [0.5, 0.6) is 5.75 Å². The zero-order valence-electron chi connectivity index (χ0n) is 14.1. The first-order valence-corrected chi connectivity index (χ1v) is 9.90. The van der Waals surface area contributed by atoms with Gasteiger partial charge in [-0.25, -0.2) is 0 Å². The van der Waals surface area contributed by atoms with E-state index in [0.29, 0.717) is 11.6 Å². The molecule has 1 aromatic heterocycles. The van der Waals surface area contributed by atoms with Gasteiger partial charge in [-0.2, -0.15) is 0 Å². The quantitative estimate of drug-likeness (QED) is 0.374. The summed E-state index contributed by atoms with van der Waals surface area (Å²) >= 11 is 3.01. The van der Waals surface area contributed by atoms with Crippen molar-refractivity contribution in [3.8, 4) is 5.75 Å². The number of benzene rings is 1. The predicted octanol–water partition coefficient (Wildman–Crippen LogP) is 4.75. The maximum absolute atomic E-state index is 11.8. The molecule has 0 saturated carbocycles. The van der Waals surface area contributed by atoms with Gasteiger partial charge in [0.25, 0.3) is 0 Å². The minimum Gasteiger partial charge on any atom is -0.497 e. The molecule has 0 radical (unpaired) electrons. The molecule has 5 nitrogen and oxygen atoms in total. The second kappa shape index (κ2) is 10.3. The summed E-state index contributed by atoms with van der Waals surface area (Å²) in [7, 11) is 1.66. The van der Waals surface area contributed by atoms with Gasteiger partial charge >= 0.3 is 0 Å². The van der Waals surface area contributed by atoms with Crippen molar-refractivity contribution in [1.29, 1.82) is 0 Å². The van der Waals surface area contributed by atoms with Gasteiger partial charge in [0, 0.05) is 12.2 Å². The van der Waals surface area contributed by atoms with Crippen LogP contribution in [0.2, 0.25) is 0 Å². The minimum atomic E-state index is 0.0200. The van der Waals surface area contributed by atoms with Crippen LogP contribution in [-0.4, -0.2) is 23.2 Å². The molecule has 1 amide bonds. The van der Waals surface area contributed by atoms with Gasteiger partial charge in [0.1, 0.15) is 5.75 Å². The fourth-order valence-corrected chi connectivity index (χ4v) is 3.83. The van der Waals surface area contributed by atoms with Crippen LogP contribution < -0.4 is 10.1 Å². The molecule has 2 aromatic rings. The second-order valence-corrected chi connectivity index (χ2v) is 7.57. The maximum atomic E-state index is 11.8. The van der Waals surface area contributed by atoms with Gasteiger partial charge < -0.3 is 10.1 Å². The molecular weight excluding hydrogens is 342 g/mol. The second-order valence-electron chi connectivity index (χ2n) is 5.37. The van der Waals surface area contributed by atoms with E-state index in [1.165, 1.54) is 24.2 Å². The number of unbranched alkanes of at least 4 members (excludes halogenated alkanes) is 3. The normalized spacial score (nSPS) is 10.6. The highest BCUT2D eigenvalue weighted by molar-refractivity contribution is 8.00. The van der Waals surface area contributed by atoms with E-state index in [9.17, 15) is 4.79 Å². The first-order chi connectivity index (χ1) is 11.7. The van der Waals surface area contributed by atoms with Crippen molar-refractivity contribution >= 4 is 34.1 Å². The van der Waals surface area contributed by atoms with E-state index >= 15 is 0 Å². The van der Waals surface area contributed by atoms with E-state index < -0.39 is 0 Å². The third kappa shape index (κ3) is 6.49. The molecule has 1 aromatic carbocycles. The van der Waals surface area contributed by atoms with Crippen molar-refractivity contribution in [3.63, 3.8) is 0 Å². The SMILES string of the molecule is CCCCCCC(=O)Nc1nnc(SCc2cccc(OC)c2)s1. The Labute approximate surface area is 151 Å². The van der Waals surface area contributed by atoms with Gasteiger partial charge in [-0.05, 0) is 24.1 Å². The van der Waals surface area contributed by atoms with E-state index in [0.717, 1.165) is 34.2 Å². The van der Waals surface area contributed by atoms with Crippen LogP contribution in [0.1, 0.15) is 44.6 Å². The number of aromatic nitrogens is 2. The zero-order chi connectivity index (χ0) is 17.2. The minimum absolute atomic E-state index is 0.0200. The Bertz CT molecular complexity index is 646. The lowest BCUT2D eigenvalue weighted by Gasteiger charge is -2.02. The predicted molar refractivity (Wildman–Crippen MR) is 99.9 cm³/mol. The standard InChI is InChI=1S/C17H23N3O2S2/c1-3-4-5-6-10-15(21)18-16-19-20-17(24-16)23-12-13-8-7-9-14(11-13)22-2/h7-9,11H,3-6,10,12H2,1-2H3,(H,18,19,21). The summed E-state index contributed by atoms with van der Waals surface area (Å²) in [5, 5.41) is 11.6. The monoisotopic (exact) mass is 365 g/mol. The molecule has 130 valence electrons. The lowest BCUT2D eigenvalue weighted by atomic mass is 10.1. The average Bonchev–Trinajstić information content (AvgIpc) is 3.04. The van der Waals surface area contributed by atoms with E-state index in [1.807, 2.05) is 18.2 Å². The molecule has 0 unspecified atom stereocenters. The van der Waals surface area contributed by atoms with Crippen LogP contribution in [0.3, 0.4) is 0 Å². The van der Waals surface area contributed by atoms with Crippen LogP contribution in [-0.2, 0) is 10.5 Å². The Morgan fingerprint density at radius 1 is 1.29 bits per heavy atom.